The minimum Gasteiger partial charge on any atom is -0.451 e. The molecule has 0 N–H and O–H groups in total. The minimum atomic E-state index is -0.279. The molecule has 0 atom stereocenters. The highest BCUT2D eigenvalue weighted by atomic mass is 19.1. The summed E-state index contributed by atoms with van der Waals surface area (Å²) >= 11 is 0. The fourth-order valence-electron chi connectivity index (χ4n) is 3.68. The van der Waals surface area contributed by atoms with Crippen LogP contribution in [0.5, 0.6) is 0 Å². The third kappa shape index (κ3) is 3.50. The van der Waals surface area contributed by atoms with Crippen molar-refractivity contribution in [1.82, 2.24) is 14.9 Å². The van der Waals surface area contributed by atoms with Gasteiger partial charge in [-0.1, -0.05) is 18.2 Å². The van der Waals surface area contributed by atoms with Crippen LogP contribution in [0.25, 0.3) is 22.2 Å². The molecule has 1 aliphatic rings. The van der Waals surface area contributed by atoms with Crippen molar-refractivity contribution in [2.75, 3.05) is 31.1 Å². The highest BCUT2D eigenvalue weighted by Crippen LogP contribution is 2.23. The van der Waals surface area contributed by atoms with Gasteiger partial charge in [-0.15, -0.1) is 0 Å². The van der Waals surface area contributed by atoms with E-state index in [0.717, 1.165) is 22.5 Å². The summed E-state index contributed by atoms with van der Waals surface area (Å²) in [5, 5.41) is 0.925. The molecular weight excluding hydrogens is 383 g/mol. The summed E-state index contributed by atoms with van der Waals surface area (Å²) in [5.41, 5.74) is 2.29. The van der Waals surface area contributed by atoms with Crippen molar-refractivity contribution in [2.24, 2.45) is 0 Å². The second-order valence-electron chi connectivity index (χ2n) is 7.20. The van der Waals surface area contributed by atoms with Crippen LogP contribution in [0.1, 0.15) is 10.6 Å². The second-order valence-corrected chi connectivity index (χ2v) is 7.20. The van der Waals surface area contributed by atoms with E-state index in [4.69, 9.17) is 4.42 Å². The lowest BCUT2D eigenvalue weighted by Crippen LogP contribution is -2.49. The monoisotopic (exact) mass is 402 g/mol. The van der Waals surface area contributed by atoms with Gasteiger partial charge in [0.1, 0.15) is 23.5 Å². The largest absolute Gasteiger partial charge is 0.451 e. The summed E-state index contributed by atoms with van der Waals surface area (Å²) in [5.74, 6) is 0.782. The molecular formula is C23H19FN4O2. The number of benzene rings is 2. The van der Waals surface area contributed by atoms with Crippen LogP contribution < -0.4 is 4.90 Å². The zero-order valence-corrected chi connectivity index (χ0v) is 16.2. The number of carbonyl (C=O) groups is 1. The summed E-state index contributed by atoms with van der Waals surface area (Å²) in [7, 11) is 0. The van der Waals surface area contributed by atoms with Gasteiger partial charge in [0.15, 0.2) is 5.76 Å². The third-order valence-corrected chi connectivity index (χ3v) is 5.32. The van der Waals surface area contributed by atoms with E-state index in [9.17, 15) is 9.18 Å². The maximum Gasteiger partial charge on any atom is 0.289 e. The van der Waals surface area contributed by atoms with E-state index in [2.05, 4.69) is 14.9 Å². The van der Waals surface area contributed by atoms with Gasteiger partial charge in [0.25, 0.3) is 5.91 Å². The normalized spacial score (nSPS) is 14.3. The molecule has 5 rings (SSSR count). The number of aromatic nitrogens is 2. The fourth-order valence-corrected chi connectivity index (χ4v) is 3.68. The first kappa shape index (κ1) is 18.3. The van der Waals surface area contributed by atoms with Gasteiger partial charge >= 0.3 is 0 Å². The first-order chi connectivity index (χ1) is 14.7. The van der Waals surface area contributed by atoms with Crippen molar-refractivity contribution in [3.05, 3.63) is 78.6 Å². The van der Waals surface area contributed by atoms with Gasteiger partial charge < -0.3 is 14.2 Å². The van der Waals surface area contributed by atoms with Gasteiger partial charge in [0.2, 0.25) is 0 Å². The lowest BCUT2D eigenvalue weighted by Gasteiger charge is -2.35. The van der Waals surface area contributed by atoms with Gasteiger partial charge in [-0.25, -0.2) is 14.4 Å². The molecule has 0 aliphatic carbocycles. The van der Waals surface area contributed by atoms with Crippen molar-refractivity contribution in [2.45, 2.75) is 0 Å². The zero-order chi connectivity index (χ0) is 20.5. The van der Waals surface area contributed by atoms with E-state index < -0.39 is 0 Å². The molecule has 7 heteroatoms. The van der Waals surface area contributed by atoms with E-state index in [0.29, 0.717) is 37.5 Å². The average Bonchev–Trinajstić information content (AvgIpc) is 3.24. The Morgan fingerprint density at radius 1 is 0.933 bits per heavy atom. The number of fused-ring (bicyclic) bond motifs is 1. The Bertz CT molecular complexity index is 1160. The van der Waals surface area contributed by atoms with Gasteiger partial charge in [0.05, 0.1) is 5.69 Å². The number of halogens is 1. The number of hydrogen-bond donors (Lipinski definition) is 0. The molecule has 0 spiro atoms. The molecule has 150 valence electrons. The highest BCUT2D eigenvalue weighted by Gasteiger charge is 2.25. The van der Waals surface area contributed by atoms with E-state index in [-0.39, 0.29) is 11.7 Å². The molecule has 3 heterocycles. The molecule has 2 aromatic carbocycles. The Hall–Kier alpha value is -3.74. The highest BCUT2D eigenvalue weighted by molar-refractivity contribution is 5.96. The van der Waals surface area contributed by atoms with E-state index in [1.54, 1.807) is 23.1 Å². The number of piperazine rings is 1. The summed E-state index contributed by atoms with van der Waals surface area (Å²) in [6, 6.07) is 17.5. The molecule has 1 saturated heterocycles. The molecule has 0 saturated carbocycles. The van der Waals surface area contributed by atoms with E-state index in [1.807, 2.05) is 30.3 Å². The van der Waals surface area contributed by atoms with Crippen LogP contribution in [0.3, 0.4) is 0 Å². The van der Waals surface area contributed by atoms with Crippen LogP contribution >= 0.6 is 0 Å². The van der Waals surface area contributed by atoms with Crippen LogP contribution in [0.4, 0.5) is 10.2 Å². The Kier molecular flexibility index (Phi) is 4.63. The molecule has 0 unspecified atom stereocenters. The van der Waals surface area contributed by atoms with Crippen molar-refractivity contribution >= 4 is 22.7 Å². The quantitative estimate of drug-likeness (QED) is 0.519. The number of furan rings is 1. The topological polar surface area (TPSA) is 62.5 Å². The van der Waals surface area contributed by atoms with Crippen LogP contribution in [-0.2, 0) is 0 Å². The summed E-state index contributed by atoms with van der Waals surface area (Å²) in [4.78, 5) is 25.4. The lowest BCUT2D eigenvalue weighted by molar-refractivity contribution is 0.0717. The molecule has 2 aromatic heterocycles. The number of hydrogen-bond acceptors (Lipinski definition) is 5. The zero-order valence-electron chi connectivity index (χ0n) is 16.2. The standard InChI is InChI=1S/C23H19FN4O2/c24-18-7-5-16(6-8-18)19-14-22(26-15-25-19)27-9-11-28(12-10-27)23(29)21-13-17-3-1-2-4-20(17)30-21/h1-8,13-15H,9-12H2. The minimum absolute atomic E-state index is 0.0967. The van der Waals surface area contributed by atoms with Crippen LogP contribution in [0.2, 0.25) is 0 Å². The Morgan fingerprint density at radius 3 is 2.47 bits per heavy atom. The molecule has 30 heavy (non-hydrogen) atoms. The van der Waals surface area contributed by atoms with E-state index >= 15 is 0 Å². The van der Waals surface area contributed by atoms with E-state index in [1.165, 1.54) is 18.5 Å². The summed E-state index contributed by atoms with van der Waals surface area (Å²) < 4.78 is 18.9. The summed E-state index contributed by atoms with van der Waals surface area (Å²) in [6.45, 7) is 2.47. The van der Waals surface area contributed by atoms with Crippen molar-refractivity contribution < 1.29 is 13.6 Å². The number of rotatable bonds is 3. The first-order valence-corrected chi connectivity index (χ1v) is 9.78. The Balaban J connectivity index is 1.28. The van der Waals surface area contributed by atoms with Crippen LogP contribution in [-0.4, -0.2) is 47.0 Å². The smallest absolute Gasteiger partial charge is 0.289 e. The molecule has 1 fully saturated rings. The predicted octanol–water partition coefficient (Wildman–Crippen LogP) is 3.99. The molecule has 4 aromatic rings. The number of nitrogens with zero attached hydrogens (tertiary/aromatic N) is 4. The van der Waals surface area contributed by atoms with Crippen molar-refractivity contribution in [1.29, 1.82) is 0 Å². The second kappa shape index (κ2) is 7.59. The Labute approximate surface area is 172 Å². The third-order valence-electron chi connectivity index (χ3n) is 5.32. The molecule has 1 amide bonds. The molecule has 6 nitrogen and oxygen atoms in total. The van der Waals surface area contributed by atoms with Gasteiger partial charge in [-0.2, -0.15) is 0 Å². The number of amides is 1. The number of anilines is 1. The first-order valence-electron chi connectivity index (χ1n) is 9.78. The van der Waals surface area contributed by atoms with Gasteiger partial charge in [-0.3, -0.25) is 4.79 Å². The summed E-state index contributed by atoms with van der Waals surface area (Å²) in [6.07, 6.45) is 1.51. The van der Waals surface area contributed by atoms with Crippen LogP contribution in [0.15, 0.2) is 71.4 Å². The van der Waals surface area contributed by atoms with Crippen LogP contribution in [0, 0.1) is 5.82 Å². The fraction of sp³-hybridized carbons (Fsp3) is 0.174. The molecule has 0 radical (unpaired) electrons. The number of carbonyl (C=O) groups excluding carboxylic acids is 1. The SMILES string of the molecule is O=C(c1cc2ccccc2o1)N1CCN(c2cc(-c3ccc(F)cc3)ncn2)CC1. The maximum atomic E-state index is 13.2. The Morgan fingerprint density at radius 2 is 1.70 bits per heavy atom. The maximum absolute atomic E-state index is 13.2. The lowest BCUT2D eigenvalue weighted by atomic mass is 10.1. The molecule has 1 aliphatic heterocycles. The van der Waals surface area contributed by atoms with Crippen molar-refractivity contribution in [3.8, 4) is 11.3 Å². The van der Waals surface area contributed by atoms with Gasteiger partial charge in [-0.05, 0) is 36.4 Å². The van der Waals surface area contributed by atoms with Gasteiger partial charge in [0, 0.05) is 43.2 Å². The van der Waals surface area contributed by atoms with Crippen molar-refractivity contribution in [3.63, 3.8) is 0 Å². The predicted molar refractivity (Wildman–Crippen MR) is 112 cm³/mol. The molecule has 0 bridgehead atoms. The average molecular weight is 402 g/mol. The number of para-hydroxylation sites is 1.